The third kappa shape index (κ3) is 5.39. The van der Waals surface area contributed by atoms with E-state index < -0.39 is 5.54 Å². The van der Waals surface area contributed by atoms with Gasteiger partial charge in [-0.05, 0) is 31.5 Å². The molecule has 2 aromatic rings. The summed E-state index contributed by atoms with van der Waals surface area (Å²) in [6.07, 6.45) is 0. The van der Waals surface area contributed by atoms with Gasteiger partial charge in [0.05, 0.1) is 14.2 Å². The summed E-state index contributed by atoms with van der Waals surface area (Å²) in [7, 11) is 3.05. The lowest BCUT2D eigenvalue weighted by molar-refractivity contribution is 0.0945. The van der Waals surface area contributed by atoms with Crippen LogP contribution in [0.5, 0.6) is 17.2 Å². The molecule has 140 valence electrons. The van der Waals surface area contributed by atoms with Crippen molar-refractivity contribution in [1.82, 2.24) is 5.32 Å². The number of hydrogen-bond donors (Lipinski definition) is 2. The number of carbonyl (C=O) groups excluding carboxylic acids is 1. The number of benzene rings is 2. The Labute approximate surface area is 154 Å². The predicted octanol–water partition coefficient (Wildman–Crippen LogP) is 2.75. The van der Waals surface area contributed by atoms with Crippen LogP contribution in [-0.2, 0) is 6.61 Å². The summed E-state index contributed by atoms with van der Waals surface area (Å²) in [5.74, 6) is 1.05. The molecule has 0 radical (unpaired) electrons. The van der Waals surface area contributed by atoms with Crippen LogP contribution >= 0.6 is 0 Å². The summed E-state index contributed by atoms with van der Waals surface area (Å²) in [6, 6.07) is 13.0. The first-order chi connectivity index (χ1) is 12.3. The molecule has 26 heavy (non-hydrogen) atoms. The van der Waals surface area contributed by atoms with E-state index in [2.05, 4.69) is 5.32 Å². The van der Waals surface area contributed by atoms with Crippen molar-refractivity contribution in [3.63, 3.8) is 0 Å². The Morgan fingerprint density at radius 2 is 1.65 bits per heavy atom. The summed E-state index contributed by atoms with van der Waals surface area (Å²) < 4.78 is 16.7. The van der Waals surface area contributed by atoms with E-state index in [-0.39, 0.29) is 5.91 Å². The fourth-order valence-corrected chi connectivity index (χ4v) is 2.29. The molecule has 6 nitrogen and oxygen atoms in total. The highest BCUT2D eigenvalue weighted by Gasteiger charge is 2.19. The maximum atomic E-state index is 12.4. The second kappa shape index (κ2) is 8.58. The quantitative estimate of drug-likeness (QED) is 0.758. The van der Waals surface area contributed by atoms with Gasteiger partial charge >= 0.3 is 0 Å². The first kappa shape index (κ1) is 19.6. The third-order valence-corrected chi connectivity index (χ3v) is 3.65. The molecule has 0 aromatic heterocycles. The first-order valence-corrected chi connectivity index (χ1v) is 8.34. The molecule has 0 heterocycles. The van der Waals surface area contributed by atoms with Gasteiger partial charge in [-0.25, -0.2) is 0 Å². The van der Waals surface area contributed by atoms with E-state index in [1.54, 1.807) is 12.1 Å². The second-order valence-corrected chi connectivity index (χ2v) is 6.66. The van der Waals surface area contributed by atoms with Crippen molar-refractivity contribution in [1.29, 1.82) is 0 Å². The first-order valence-electron chi connectivity index (χ1n) is 8.34. The van der Waals surface area contributed by atoms with Gasteiger partial charge in [-0.1, -0.05) is 30.3 Å². The second-order valence-electron chi connectivity index (χ2n) is 6.66. The standard InChI is InChI=1S/C20H26N2O4/c1-20(2,21)13-22-19(23)15-10-16(24-3)18(17(11-15)25-4)26-12-14-8-6-5-7-9-14/h5-11H,12-13,21H2,1-4H3,(H,22,23). The predicted molar refractivity (Wildman–Crippen MR) is 101 cm³/mol. The summed E-state index contributed by atoms with van der Waals surface area (Å²) in [4.78, 5) is 12.4. The highest BCUT2D eigenvalue weighted by molar-refractivity contribution is 5.95. The zero-order valence-electron chi connectivity index (χ0n) is 15.7. The Kier molecular flexibility index (Phi) is 6.46. The molecule has 0 saturated carbocycles. The topological polar surface area (TPSA) is 82.8 Å². The molecule has 2 rings (SSSR count). The molecular formula is C20H26N2O4. The smallest absolute Gasteiger partial charge is 0.251 e. The molecule has 0 bridgehead atoms. The lowest BCUT2D eigenvalue weighted by Gasteiger charge is -2.20. The number of nitrogens with one attached hydrogen (secondary N) is 1. The van der Waals surface area contributed by atoms with Gasteiger partial charge in [-0.2, -0.15) is 0 Å². The van der Waals surface area contributed by atoms with Crippen molar-refractivity contribution in [3.05, 3.63) is 53.6 Å². The van der Waals surface area contributed by atoms with Crippen LogP contribution in [0.25, 0.3) is 0 Å². The lowest BCUT2D eigenvalue weighted by Crippen LogP contribution is -2.45. The van der Waals surface area contributed by atoms with E-state index in [0.29, 0.717) is 36.0 Å². The monoisotopic (exact) mass is 358 g/mol. The van der Waals surface area contributed by atoms with Crippen LogP contribution in [0, 0.1) is 0 Å². The van der Waals surface area contributed by atoms with Gasteiger partial charge in [-0.15, -0.1) is 0 Å². The van der Waals surface area contributed by atoms with Crippen molar-refractivity contribution in [2.75, 3.05) is 20.8 Å². The van der Waals surface area contributed by atoms with Gasteiger partial charge in [-0.3, -0.25) is 4.79 Å². The van der Waals surface area contributed by atoms with Crippen LogP contribution in [0.4, 0.5) is 0 Å². The van der Waals surface area contributed by atoms with Crippen LogP contribution in [0.3, 0.4) is 0 Å². The van der Waals surface area contributed by atoms with Gasteiger partial charge in [0, 0.05) is 17.6 Å². The molecule has 0 aliphatic carbocycles. The number of ether oxygens (including phenoxy) is 3. The SMILES string of the molecule is COc1cc(C(=O)NCC(C)(C)N)cc(OC)c1OCc1ccccc1. The molecule has 0 aliphatic rings. The normalized spacial score (nSPS) is 11.0. The maximum absolute atomic E-state index is 12.4. The van der Waals surface area contributed by atoms with Crippen molar-refractivity contribution in [2.24, 2.45) is 5.73 Å². The van der Waals surface area contributed by atoms with E-state index in [1.165, 1.54) is 14.2 Å². The average Bonchev–Trinajstić information content (AvgIpc) is 2.63. The molecule has 1 amide bonds. The fourth-order valence-electron chi connectivity index (χ4n) is 2.29. The Bertz CT molecular complexity index is 714. The average molecular weight is 358 g/mol. The van der Waals surface area contributed by atoms with Crippen molar-refractivity contribution >= 4 is 5.91 Å². The molecule has 0 spiro atoms. The van der Waals surface area contributed by atoms with Crippen LogP contribution in [0.1, 0.15) is 29.8 Å². The number of methoxy groups -OCH3 is 2. The summed E-state index contributed by atoms with van der Waals surface area (Å²) >= 11 is 0. The van der Waals surface area contributed by atoms with Crippen molar-refractivity contribution < 1.29 is 19.0 Å². The number of carbonyl (C=O) groups is 1. The minimum Gasteiger partial charge on any atom is -0.493 e. The van der Waals surface area contributed by atoms with E-state index >= 15 is 0 Å². The van der Waals surface area contributed by atoms with Gasteiger partial charge in [0.2, 0.25) is 5.75 Å². The van der Waals surface area contributed by atoms with E-state index in [9.17, 15) is 4.79 Å². The van der Waals surface area contributed by atoms with Crippen LogP contribution in [0.15, 0.2) is 42.5 Å². The maximum Gasteiger partial charge on any atom is 0.251 e. The molecule has 0 unspecified atom stereocenters. The summed E-state index contributed by atoms with van der Waals surface area (Å²) in [5.41, 5.74) is 6.84. The third-order valence-electron chi connectivity index (χ3n) is 3.65. The molecule has 6 heteroatoms. The lowest BCUT2D eigenvalue weighted by atomic mass is 10.1. The van der Waals surface area contributed by atoms with E-state index in [4.69, 9.17) is 19.9 Å². The molecule has 0 saturated heterocycles. The largest absolute Gasteiger partial charge is 0.493 e. The Morgan fingerprint density at radius 3 is 2.15 bits per heavy atom. The van der Waals surface area contributed by atoms with Crippen LogP contribution in [0.2, 0.25) is 0 Å². The molecule has 0 aliphatic heterocycles. The van der Waals surface area contributed by atoms with Crippen LogP contribution < -0.4 is 25.3 Å². The zero-order chi connectivity index (χ0) is 19.2. The zero-order valence-corrected chi connectivity index (χ0v) is 15.7. The minimum absolute atomic E-state index is 0.255. The van der Waals surface area contributed by atoms with Gasteiger partial charge in [0.15, 0.2) is 11.5 Å². The van der Waals surface area contributed by atoms with Gasteiger partial charge < -0.3 is 25.3 Å². The molecule has 2 aromatic carbocycles. The molecule has 3 N–H and O–H groups in total. The fraction of sp³-hybridized carbons (Fsp3) is 0.350. The van der Waals surface area contributed by atoms with Gasteiger partial charge in [0.25, 0.3) is 5.91 Å². The number of hydrogen-bond acceptors (Lipinski definition) is 5. The molecule has 0 fully saturated rings. The number of rotatable bonds is 8. The minimum atomic E-state index is -0.497. The summed E-state index contributed by atoms with van der Waals surface area (Å²) in [5, 5.41) is 2.80. The van der Waals surface area contributed by atoms with Crippen LogP contribution in [-0.4, -0.2) is 32.2 Å². The highest BCUT2D eigenvalue weighted by Crippen LogP contribution is 2.39. The van der Waals surface area contributed by atoms with E-state index in [0.717, 1.165) is 5.56 Å². The van der Waals surface area contributed by atoms with Crippen molar-refractivity contribution in [2.45, 2.75) is 26.0 Å². The number of nitrogens with two attached hydrogens (primary N) is 1. The Hall–Kier alpha value is -2.73. The summed E-state index contributed by atoms with van der Waals surface area (Å²) in [6.45, 7) is 4.40. The highest BCUT2D eigenvalue weighted by atomic mass is 16.5. The Morgan fingerprint density at radius 1 is 1.08 bits per heavy atom. The number of amides is 1. The molecule has 0 atom stereocenters. The van der Waals surface area contributed by atoms with E-state index in [1.807, 2.05) is 44.2 Å². The van der Waals surface area contributed by atoms with Crippen molar-refractivity contribution in [3.8, 4) is 17.2 Å². The Balaban J connectivity index is 2.22. The molecular weight excluding hydrogens is 332 g/mol. The van der Waals surface area contributed by atoms with Gasteiger partial charge in [0.1, 0.15) is 6.61 Å².